The molecule has 0 rings (SSSR count). The Balaban J connectivity index is 3.86. The van der Waals surface area contributed by atoms with Crippen molar-refractivity contribution < 1.29 is 14.1 Å². The monoisotopic (exact) mass is 262 g/mol. The van der Waals surface area contributed by atoms with Crippen LogP contribution in [0.2, 0.25) is 0 Å². The molecule has 0 spiro atoms. The summed E-state index contributed by atoms with van der Waals surface area (Å²) in [5.41, 5.74) is 0. The van der Waals surface area contributed by atoms with E-state index in [9.17, 15) is 9.59 Å². The fourth-order valence-electron chi connectivity index (χ4n) is 1.29. The molecule has 0 saturated heterocycles. The van der Waals surface area contributed by atoms with Gasteiger partial charge in [0.1, 0.15) is 6.04 Å². The van der Waals surface area contributed by atoms with Crippen LogP contribution in [0, 0.1) is 0 Å². The molecule has 5 nitrogen and oxygen atoms in total. The second-order valence-electron chi connectivity index (χ2n) is 3.78. The van der Waals surface area contributed by atoms with E-state index >= 15 is 0 Å². The zero-order chi connectivity index (χ0) is 13.1. The van der Waals surface area contributed by atoms with E-state index in [-0.39, 0.29) is 5.91 Å². The second-order valence-corrected chi connectivity index (χ2v) is 5.74. The van der Waals surface area contributed by atoms with E-state index in [1.807, 2.05) is 6.66 Å². The van der Waals surface area contributed by atoms with Crippen molar-refractivity contribution in [2.75, 3.05) is 26.5 Å². The van der Waals surface area contributed by atoms with Gasteiger partial charge in [0.2, 0.25) is 12.3 Å². The molecule has 2 amide bonds. The highest BCUT2D eigenvalue weighted by molar-refractivity contribution is 7.51. The van der Waals surface area contributed by atoms with Crippen LogP contribution in [0.5, 0.6) is 0 Å². The van der Waals surface area contributed by atoms with Gasteiger partial charge in [-0.2, -0.15) is 0 Å². The third-order valence-corrected chi connectivity index (χ3v) is 3.89. The first-order valence-corrected chi connectivity index (χ1v) is 7.80. The number of likely N-dealkylation sites (N-methyl/N-ethyl adjacent to an activating group) is 1. The third kappa shape index (κ3) is 8.11. The van der Waals surface area contributed by atoms with Crippen LogP contribution in [0.15, 0.2) is 0 Å². The van der Waals surface area contributed by atoms with Gasteiger partial charge in [-0.15, -0.1) is 0 Å². The lowest BCUT2D eigenvalue weighted by Gasteiger charge is -2.17. The SMILES string of the molecule is CCCCOP(C)CC[C@H](NC=O)C(=O)NC. The molecule has 17 heavy (non-hydrogen) atoms. The molecule has 0 aliphatic rings. The van der Waals surface area contributed by atoms with Crippen LogP contribution >= 0.6 is 8.15 Å². The van der Waals surface area contributed by atoms with Crippen LogP contribution in [0.3, 0.4) is 0 Å². The highest BCUT2D eigenvalue weighted by Crippen LogP contribution is 2.33. The molecule has 0 saturated carbocycles. The highest BCUT2D eigenvalue weighted by atomic mass is 31.1. The Morgan fingerprint density at radius 1 is 1.53 bits per heavy atom. The van der Waals surface area contributed by atoms with Crippen molar-refractivity contribution in [3.8, 4) is 0 Å². The molecular formula is C11H23N2O3P. The molecule has 0 aliphatic carbocycles. The molecule has 0 aromatic carbocycles. The third-order valence-electron chi connectivity index (χ3n) is 2.37. The van der Waals surface area contributed by atoms with Crippen molar-refractivity contribution in [3.05, 3.63) is 0 Å². The van der Waals surface area contributed by atoms with Gasteiger partial charge in [0.05, 0.1) is 6.61 Å². The number of rotatable bonds is 10. The first-order valence-electron chi connectivity index (χ1n) is 5.91. The Kier molecular flexibility index (Phi) is 10.1. The number of hydrogen-bond donors (Lipinski definition) is 2. The summed E-state index contributed by atoms with van der Waals surface area (Å²) in [6.07, 6.45) is 4.19. The van der Waals surface area contributed by atoms with Crippen LogP contribution in [0.1, 0.15) is 26.2 Å². The Morgan fingerprint density at radius 3 is 2.76 bits per heavy atom. The van der Waals surface area contributed by atoms with E-state index < -0.39 is 14.2 Å². The fraction of sp³-hybridized carbons (Fsp3) is 0.818. The lowest BCUT2D eigenvalue weighted by atomic mass is 10.2. The number of nitrogens with one attached hydrogen (secondary N) is 2. The first-order chi connectivity index (χ1) is 8.15. The van der Waals surface area contributed by atoms with Crippen LogP contribution in [0.4, 0.5) is 0 Å². The fourth-order valence-corrected chi connectivity index (χ4v) is 2.48. The van der Waals surface area contributed by atoms with Gasteiger partial charge in [-0.1, -0.05) is 13.3 Å². The van der Waals surface area contributed by atoms with Crippen LogP contribution in [-0.2, 0) is 14.1 Å². The average molecular weight is 262 g/mol. The molecular weight excluding hydrogens is 239 g/mol. The van der Waals surface area contributed by atoms with Crippen molar-refractivity contribution in [1.29, 1.82) is 0 Å². The molecule has 0 fully saturated rings. The number of carbonyl (C=O) groups excluding carboxylic acids is 2. The predicted molar refractivity (Wildman–Crippen MR) is 70.2 cm³/mol. The number of unbranched alkanes of at least 4 members (excludes halogenated alkanes) is 1. The Labute approximate surface area is 105 Å². The molecule has 2 atom stereocenters. The lowest BCUT2D eigenvalue weighted by Crippen LogP contribution is -2.42. The molecule has 0 aromatic rings. The summed E-state index contributed by atoms with van der Waals surface area (Å²) < 4.78 is 5.64. The molecule has 0 aromatic heterocycles. The maximum absolute atomic E-state index is 11.4. The summed E-state index contributed by atoms with van der Waals surface area (Å²) in [6, 6.07) is -0.447. The Bertz CT molecular complexity index is 227. The normalized spacial score (nSPS) is 13.8. The summed E-state index contributed by atoms with van der Waals surface area (Å²) >= 11 is 0. The Hall–Kier alpha value is -0.670. The number of carbonyl (C=O) groups is 2. The van der Waals surface area contributed by atoms with E-state index in [1.54, 1.807) is 7.05 Å². The van der Waals surface area contributed by atoms with Gasteiger partial charge in [0.15, 0.2) is 0 Å². The summed E-state index contributed by atoms with van der Waals surface area (Å²) in [4.78, 5) is 21.8. The van der Waals surface area contributed by atoms with Crippen molar-refractivity contribution in [3.63, 3.8) is 0 Å². The first kappa shape index (κ1) is 16.3. The number of hydrogen-bond acceptors (Lipinski definition) is 3. The van der Waals surface area contributed by atoms with Crippen molar-refractivity contribution in [2.45, 2.75) is 32.2 Å². The smallest absolute Gasteiger partial charge is 0.242 e. The maximum atomic E-state index is 11.4. The van der Waals surface area contributed by atoms with E-state index in [0.29, 0.717) is 12.8 Å². The van der Waals surface area contributed by atoms with E-state index in [4.69, 9.17) is 4.52 Å². The van der Waals surface area contributed by atoms with E-state index in [2.05, 4.69) is 17.6 Å². The molecule has 1 unspecified atom stereocenters. The molecule has 0 bridgehead atoms. The van der Waals surface area contributed by atoms with Crippen molar-refractivity contribution in [2.24, 2.45) is 0 Å². The zero-order valence-corrected chi connectivity index (χ0v) is 11.8. The minimum absolute atomic E-state index is 0.158. The van der Waals surface area contributed by atoms with Crippen LogP contribution in [-0.4, -0.2) is 44.8 Å². The van der Waals surface area contributed by atoms with Crippen LogP contribution < -0.4 is 10.6 Å². The van der Waals surface area contributed by atoms with Gasteiger partial charge in [0, 0.05) is 15.2 Å². The van der Waals surface area contributed by atoms with Gasteiger partial charge in [0.25, 0.3) is 0 Å². The molecule has 2 N–H and O–H groups in total. The average Bonchev–Trinajstić information content (AvgIpc) is 2.33. The van der Waals surface area contributed by atoms with Gasteiger partial charge < -0.3 is 15.2 Å². The minimum Gasteiger partial charge on any atom is -0.360 e. The zero-order valence-electron chi connectivity index (χ0n) is 10.9. The summed E-state index contributed by atoms with van der Waals surface area (Å²) in [7, 11) is 1.06. The Morgan fingerprint density at radius 2 is 2.24 bits per heavy atom. The summed E-state index contributed by atoms with van der Waals surface area (Å²) in [5, 5.41) is 5.05. The highest BCUT2D eigenvalue weighted by Gasteiger charge is 2.17. The number of amides is 2. The van der Waals surface area contributed by atoms with E-state index in [0.717, 1.165) is 25.6 Å². The van der Waals surface area contributed by atoms with Gasteiger partial charge >= 0.3 is 0 Å². The second kappa shape index (κ2) is 10.5. The topological polar surface area (TPSA) is 67.4 Å². The van der Waals surface area contributed by atoms with Crippen molar-refractivity contribution >= 4 is 20.5 Å². The lowest BCUT2D eigenvalue weighted by molar-refractivity contribution is -0.124. The maximum Gasteiger partial charge on any atom is 0.242 e. The molecule has 0 heterocycles. The summed E-state index contributed by atoms with van der Waals surface area (Å²) in [6.45, 7) is 4.95. The minimum atomic E-state index is -0.501. The van der Waals surface area contributed by atoms with Crippen molar-refractivity contribution in [1.82, 2.24) is 10.6 Å². The van der Waals surface area contributed by atoms with Crippen LogP contribution in [0.25, 0.3) is 0 Å². The molecule has 100 valence electrons. The largest absolute Gasteiger partial charge is 0.360 e. The molecule has 0 radical (unpaired) electrons. The van der Waals surface area contributed by atoms with E-state index in [1.165, 1.54) is 0 Å². The predicted octanol–water partition coefficient (Wildman–Crippen LogP) is 1.08. The van der Waals surface area contributed by atoms with Gasteiger partial charge in [-0.05, 0) is 25.7 Å². The molecule has 6 heteroatoms. The standard InChI is InChI=1S/C11H23N2O3P/c1-4-5-7-16-17(3)8-6-10(13-9-14)11(15)12-2/h9-10H,4-8H2,1-3H3,(H,12,15)(H,13,14)/t10-,17?/m0/s1. The quantitative estimate of drug-likeness (QED) is 0.352. The molecule has 0 aliphatic heterocycles. The van der Waals surface area contributed by atoms with Gasteiger partial charge in [-0.3, -0.25) is 9.59 Å². The van der Waals surface area contributed by atoms with Gasteiger partial charge in [-0.25, -0.2) is 0 Å². The summed E-state index contributed by atoms with van der Waals surface area (Å²) in [5.74, 6) is -0.158.